The number of hydrogen-bond donors (Lipinski definition) is 1. The van der Waals surface area contributed by atoms with Gasteiger partial charge in [-0.25, -0.2) is 0 Å². The Morgan fingerprint density at radius 2 is 1.42 bits per heavy atom. The van der Waals surface area contributed by atoms with Gasteiger partial charge in [-0.2, -0.15) is 0 Å². The van der Waals surface area contributed by atoms with E-state index in [4.69, 9.17) is 6.42 Å². The maximum Gasteiger partial charge on any atom is 0.0576 e. The van der Waals surface area contributed by atoms with Gasteiger partial charge in [0.2, 0.25) is 0 Å². The number of benzene rings is 2. The molecule has 0 aromatic heterocycles. The van der Waals surface area contributed by atoms with Crippen LogP contribution in [0.3, 0.4) is 0 Å². The molecule has 0 saturated heterocycles. The first kappa shape index (κ1) is 13.4. The van der Waals surface area contributed by atoms with Gasteiger partial charge in [-0.1, -0.05) is 60.7 Å². The molecule has 2 aromatic carbocycles. The third kappa shape index (κ3) is 3.98. The molecule has 1 heteroatoms. The van der Waals surface area contributed by atoms with Gasteiger partial charge in [0, 0.05) is 6.42 Å². The Labute approximate surface area is 115 Å². The van der Waals surface area contributed by atoms with Gasteiger partial charge >= 0.3 is 0 Å². The highest BCUT2D eigenvalue weighted by Crippen LogP contribution is 2.21. The average Bonchev–Trinajstić information content (AvgIpc) is 2.49. The highest BCUT2D eigenvalue weighted by atomic mass is 14.9. The van der Waals surface area contributed by atoms with Crippen molar-refractivity contribution in [2.75, 3.05) is 6.54 Å². The van der Waals surface area contributed by atoms with Gasteiger partial charge in [0.25, 0.3) is 0 Å². The van der Waals surface area contributed by atoms with Gasteiger partial charge in [0.1, 0.15) is 0 Å². The third-order valence-corrected chi connectivity index (χ3v) is 3.11. The molecular weight excluding hydrogens is 230 g/mol. The van der Waals surface area contributed by atoms with Crippen LogP contribution in [0.1, 0.15) is 30.0 Å². The molecule has 0 unspecified atom stereocenters. The van der Waals surface area contributed by atoms with E-state index in [9.17, 15) is 0 Å². The molecule has 0 heterocycles. The summed E-state index contributed by atoms with van der Waals surface area (Å²) in [4.78, 5) is 0. The van der Waals surface area contributed by atoms with Crippen molar-refractivity contribution in [2.45, 2.75) is 18.9 Å². The van der Waals surface area contributed by atoms with Gasteiger partial charge < -0.3 is 5.32 Å². The normalized spacial score (nSPS) is 10.3. The molecule has 0 aliphatic rings. The lowest BCUT2D eigenvalue weighted by molar-refractivity contribution is 0.589. The summed E-state index contributed by atoms with van der Waals surface area (Å²) in [5.74, 6) is 2.68. The Morgan fingerprint density at radius 3 is 1.89 bits per heavy atom. The third-order valence-electron chi connectivity index (χ3n) is 3.11. The van der Waals surface area contributed by atoms with Crippen LogP contribution >= 0.6 is 0 Å². The summed E-state index contributed by atoms with van der Waals surface area (Å²) in [5, 5.41) is 3.59. The molecule has 0 saturated carbocycles. The SMILES string of the molecule is C#CCCCNC(c1ccccc1)c1ccccc1. The molecule has 0 atom stereocenters. The molecule has 0 aliphatic heterocycles. The van der Waals surface area contributed by atoms with E-state index >= 15 is 0 Å². The first-order chi connectivity index (χ1) is 9.42. The van der Waals surface area contributed by atoms with Crippen LogP contribution in [-0.4, -0.2) is 6.54 Å². The van der Waals surface area contributed by atoms with Crippen molar-refractivity contribution < 1.29 is 0 Å². The minimum Gasteiger partial charge on any atom is -0.306 e. The van der Waals surface area contributed by atoms with Crippen LogP contribution in [0.2, 0.25) is 0 Å². The summed E-state index contributed by atoms with van der Waals surface area (Å²) in [6, 6.07) is 21.3. The Kier molecular flexibility index (Phi) is 5.22. The number of terminal acetylenes is 1. The summed E-state index contributed by atoms with van der Waals surface area (Å²) in [5.41, 5.74) is 2.57. The smallest absolute Gasteiger partial charge is 0.0576 e. The van der Waals surface area contributed by atoms with Crippen LogP contribution in [0.15, 0.2) is 60.7 Å². The maximum absolute atomic E-state index is 5.29. The Morgan fingerprint density at radius 1 is 0.895 bits per heavy atom. The average molecular weight is 249 g/mol. The Bertz CT molecular complexity index is 471. The van der Waals surface area contributed by atoms with E-state index in [-0.39, 0.29) is 6.04 Å². The lowest BCUT2D eigenvalue weighted by Gasteiger charge is -2.19. The number of hydrogen-bond acceptors (Lipinski definition) is 1. The number of unbranched alkanes of at least 4 members (excludes halogenated alkanes) is 1. The topological polar surface area (TPSA) is 12.0 Å². The Balaban J connectivity index is 2.13. The highest BCUT2D eigenvalue weighted by molar-refractivity contribution is 5.31. The zero-order chi connectivity index (χ0) is 13.3. The molecule has 1 N–H and O–H groups in total. The van der Waals surface area contributed by atoms with E-state index in [1.54, 1.807) is 0 Å². The zero-order valence-electron chi connectivity index (χ0n) is 11.0. The van der Waals surface area contributed by atoms with Crippen molar-refractivity contribution in [3.63, 3.8) is 0 Å². The van der Waals surface area contributed by atoms with Gasteiger partial charge in [0.05, 0.1) is 6.04 Å². The second-order valence-electron chi connectivity index (χ2n) is 4.52. The molecule has 0 radical (unpaired) electrons. The molecule has 2 aromatic rings. The largest absolute Gasteiger partial charge is 0.306 e. The van der Waals surface area contributed by atoms with Crippen molar-refractivity contribution in [3.05, 3.63) is 71.8 Å². The fourth-order valence-corrected chi connectivity index (χ4v) is 2.16. The fraction of sp³-hybridized carbons (Fsp3) is 0.222. The fourth-order valence-electron chi connectivity index (χ4n) is 2.16. The minimum absolute atomic E-state index is 0.236. The molecule has 19 heavy (non-hydrogen) atoms. The van der Waals surface area contributed by atoms with Crippen LogP contribution < -0.4 is 5.32 Å². The minimum atomic E-state index is 0.236. The second-order valence-corrected chi connectivity index (χ2v) is 4.52. The van der Waals surface area contributed by atoms with Crippen molar-refractivity contribution in [1.82, 2.24) is 5.32 Å². The van der Waals surface area contributed by atoms with E-state index in [1.165, 1.54) is 11.1 Å². The quantitative estimate of drug-likeness (QED) is 0.607. The summed E-state index contributed by atoms with van der Waals surface area (Å²) >= 11 is 0. The van der Waals surface area contributed by atoms with Crippen LogP contribution in [0.5, 0.6) is 0 Å². The lowest BCUT2D eigenvalue weighted by Crippen LogP contribution is -2.23. The summed E-state index contributed by atoms with van der Waals surface area (Å²) in [6.07, 6.45) is 7.12. The van der Waals surface area contributed by atoms with Crippen LogP contribution in [0.25, 0.3) is 0 Å². The van der Waals surface area contributed by atoms with E-state index in [0.29, 0.717) is 0 Å². The van der Waals surface area contributed by atoms with Crippen molar-refractivity contribution in [3.8, 4) is 12.3 Å². The highest BCUT2D eigenvalue weighted by Gasteiger charge is 2.11. The molecule has 0 fully saturated rings. The van der Waals surface area contributed by atoms with Crippen molar-refractivity contribution >= 4 is 0 Å². The van der Waals surface area contributed by atoms with Gasteiger partial charge in [-0.3, -0.25) is 0 Å². The molecule has 0 amide bonds. The molecule has 0 bridgehead atoms. The predicted molar refractivity (Wildman–Crippen MR) is 80.8 cm³/mol. The first-order valence-electron chi connectivity index (χ1n) is 6.68. The van der Waals surface area contributed by atoms with E-state index in [0.717, 1.165) is 19.4 Å². The van der Waals surface area contributed by atoms with Crippen molar-refractivity contribution in [2.24, 2.45) is 0 Å². The second kappa shape index (κ2) is 7.41. The maximum atomic E-state index is 5.29. The lowest BCUT2D eigenvalue weighted by atomic mass is 9.98. The first-order valence-corrected chi connectivity index (χ1v) is 6.68. The van der Waals surface area contributed by atoms with E-state index in [1.807, 2.05) is 12.1 Å². The van der Waals surface area contributed by atoms with Gasteiger partial charge in [0.15, 0.2) is 0 Å². The predicted octanol–water partition coefficient (Wildman–Crippen LogP) is 3.78. The number of nitrogens with one attached hydrogen (secondary N) is 1. The zero-order valence-corrected chi connectivity index (χ0v) is 11.0. The standard InChI is InChI=1S/C18H19N/c1-2-3-10-15-19-18(16-11-6-4-7-12-16)17-13-8-5-9-14-17/h1,4-9,11-14,18-19H,3,10,15H2. The molecule has 96 valence electrons. The summed E-state index contributed by atoms with van der Waals surface area (Å²) < 4.78 is 0. The molecule has 1 nitrogen and oxygen atoms in total. The molecule has 0 aliphatic carbocycles. The van der Waals surface area contributed by atoms with Crippen LogP contribution in [0.4, 0.5) is 0 Å². The summed E-state index contributed by atoms with van der Waals surface area (Å²) in [7, 11) is 0. The van der Waals surface area contributed by atoms with Crippen LogP contribution in [-0.2, 0) is 0 Å². The Hall–Kier alpha value is -2.04. The molecule has 2 rings (SSSR count). The van der Waals surface area contributed by atoms with Gasteiger partial charge in [-0.15, -0.1) is 12.3 Å². The van der Waals surface area contributed by atoms with Crippen LogP contribution in [0, 0.1) is 12.3 Å². The van der Waals surface area contributed by atoms with E-state index < -0.39 is 0 Å². The summed E-state index contributed by atoms with van der Waals surface area (Å²) in [6.45, 7) is 0.929. The monoisotopic (exact) mass is 249 g/mol. The molecule has 0 spiro atoms. The molecular formula is C18H19N. The number of rotatable bonds is 6. The van der Waals surface area contributed by atoms with Gasteiger partial charge in [-0.05, 0) is 24.1 Å². The van der Waals surface area contributed by atoms with E-state index in [2.05, 4.69) is 59.8 Å². The van der Waals surface area contributed by atoms with Crippen molar-refractivity contribution in [1.29, 1.82) is 0 Å².